The molecule has 1 fully saturated rings. The number of carbonyl (C=O) groups is 1. The topological polar surface area (TPSA) is 26.3 Å². The summed E-state index contributed by atoms with van der Waals surface area (Å²) in [5, 5.41) is 0. The van der Waals surface area contributed by atoms with Crippen molar-refractivity contribution in [2.75, 3.05) is 0 Å². The van der Waals surface area contributed by atoms with Crippen molar-refractivity contribution in [3.63, 3.8) is 0 Å². The Kier molecular flexibility index (Phi) is 5.15. The molecular formula is C17H24O2. The Balaban J connectivity index is 1.90. The van der Waals surface area contributed by atoms with Gasteiger partial charge in [-0.05, 0) is 25.7 Å². The van der Waals surface area contributed by atoms with Crippen LogP contribution in [0.25, 0.3) is 0 Å². The molecule has 3 unspecified atom stereocenters. The van der Waals surface area contributed by atoms with E-state index >= 15 is 0 Å². The lowest BCUT2D eigenvalue weighted by atomic mass is 9.85. The van der Waals surface area contributed by atoms with E-state index in [1.54, 1.807) is 0 Å². The summed E-state index contributed by atoms with van der Waals surface area (Å²) in [6.45, 7) is 4.12. The molecule has 2 heteroatoms. The molecule has 0 spiro atoms. The first kappa shape index (κ1) is 14.3. The number of ketones is 1. The van der Waals surface area contributed by atoms with Gasteiger partial charge in [0, 0.05) is 5.56 Å². The third-order valence-electron chi connectivity index (χ3n) is 4.14. The predicted molar refractivity (Wildman–Crippen MR) is 77.4 cm³/mol. The second-order valence-electron chi connectivity index (χ2n) is 5.57. The Morgan fingerprint density at radius 2 is 2.05 bits per heavy atom. The number of Topliss-reactive ketones (excluding diaryl/α,β-unsaturated/α-hetero) is 1. The van der Waals surface area contributed by atoms with E-state index in [0.29, 0.717) is 0 Å². The Bertz CT molecular complexity index is 399. The van der Waals surface area contributed by atoms with E-state index in [-0.39, 0.29) is 18.0 Å². The first-order valence-electron chi connectivity index (χ1n) is 7.45. The second kappa shape index (κ2) is 6.85. The van der Waals surface area contributed by atoms with Crippen LogP contribution in [0.1, 0.15) is 56.3 Å². The van der Waals surface area contributed by atoms with Crippen molar-refractivity contribution in [1.29, 1.82) is 0 Å². The van der Waals surface area contributed by atoms with E-state index < -0.39 is 0 Å². The number of rotatable bonds is 5. The fraction of sp³-hybridized carbons (Fsp3) is 0.588. The number of ether oxygens (including phenoxy) is 1. The molecule has 0 saturated heterocycles. The molecular weight excluding hydrogens is 236 g/mol. The summed E-state index contributed by atoms with van der Waals surface area (Å²) < 4.78 is 5.99. The third kappa shape index (κ3) is 3.90. The molecule has 0 amide bonds. The summed E-state index contributed by atoms with van der Waals surface area (Å²) in [7, 11) is 0. The Labute approximate surface area is 116 Å². The highest BCUT2D eigenvalue weighted by atomic mass is 16.5. The zero-order chi connectivity index (χ0) is 13.7. The molecule has 19 heavy (non-hydrogen) atoms. The average Bonchev–Trinajstić information content (AvgIpc) is 2.47. The van der Waals surface area contributed by atoms with Crippen molar-refractivity contribution in [2.24, 2.45) is 5.92 Å². The summed E-state index contributed by atoms with van der Waals surface area (Å²) >= 11 is 0. The molecule has 1 saturated carbocycles. The summed E-state index contributed by atoms with van der Waals surface area (Å²) in [4.78, 5) is 12.2. The molecule has 0 N–H and O–H groups in total. The molecule has 1 aliphatic rings. The van der Waals surface area contributed by atoms with E-state index in [0.717, 1.165) is 24.3 Å². The minimum absolute atomic E-state index is 0.0965. The third-order valence-corrected chi connectivity index (χ3v) is 4.14. The van der Waals surface area contributed by atoms with Gasteiger partial charge in [0.25, 0.3) is 0 Å². The first-order valence-corrected chi connectivity index (χ1v) is 7.45. The zero-order valence-corrected chi connectivity index (χ0v) is 12.0. The molecule has 0 aliphatic heterocycles. The maximum Gasteiger partial charge on any atom is 0.191 e. The number of hydrogen-bond acceptors (Lipinski definition) is 2. The average molecular weight is 260 g/mol. The maximum absolute atomic E-state index is 12.2. The van der Waals surface area contributed by atoms with Crippen molar-refractivity contribution in [1.82, 2.24) is 0 Å². The van der Waals surface area contributed by atoms with Crippen LogP contribution in [-0.2, 0) is 4.74 Å². The fourth-order valence-corrected chi connectivity index (χ4v) is 2.92. The summed E-state index contributed by atoms with van der Waals surface area (Å²) in [6.07, 6.45) is 5.92. The van der Waals surface area contributed by atoms with Gasteiger partial charge in [-0.1, -0.05) is 56.5 Å². The highest BCUT2D eigenvalue weighted by molar-refractivity contribution is 5.99. The Hall–Kier alpha value is -1.15. The van der Waals surface area contributed by atoms with Crippen LogP contribution in [0.2, 0.25) is 0 Å². The van der Waals surface area contributed by atoms with Gasteiger partial charge in [0.15, 0.2) is 5.78 Å². The SMILES string of the molecule is CCC1CCCC(OC(C)C(=O)c2ccccc2)C1. The Morgan fingerprint density at radius 3 is 2.74 bits per heavy atom. The second-order valence-corrected chi connectivity index (χ2v) is 5.57. The monoisotopic (exact) mass is 260 g/mol. The van der Waals surface area contributed by atoms with Gasteiger partial charge in [0.1, 0.15) is 6.10 Å². The van der Waals surface area contributed by atoms with Crippen molar-refractivity contribution in [3.8, 4) is 0 Å². The summed E-state index contributed by atoms with van der Waals surface area (Å²) in [5.41, 5.74) is 0.748. The lowest BCUT2D eigenvalue weighted by Gasteiger charge is -2.30. The van der Waals surface area contributed by atoms with Crippen LogP contribution < -0.4 is 0 Å². The minimum Gasteiger partial charge on any atom is -0.367 e. The lowest BCUT2D eigenvalue weighted by molar-refractivity contribution is -0.0221. The normalized spacial score (nSPS) is 24.9. The van der Waals surface area contributed by atoms with Gasteiger partial charge in [0.2, 0.25) is 0 Å². The summed E-state index contributed by atoms with van der Waals surface area (Å²) in [6, 6.07) is 9.44. The van der Waals surface area contributed by atoms with E-state index in [1.165, 1.54) is 19.3 Å². The van der Waals surface area contributed by atoms with Gasteiger partial charge in [-0.15, -0.1) is 0 Å². The van der Waals surface area contributed by atoms with Gasteiger partial charge in [0.05, 0.1) is 6.10 Å². The van der Waals surface area contributed by atoms with E-state index in [2.05, 4.69) is 6.92 Å². The zero-order valence-electron chi connectivity index (χ0n) is 12.0. The molecule has 2 rings (SSSR count). The smallest absolute Gasteiger partial charge is 0.191 e. The number of hydrogen-bond donors (Lipinski definition) is 0. The van der Waals surface area contributed by atoms with Gasteiger partial charge >= 0.3 is 0 Å². The van der Waals surface area contributed by atoms with Crippen LogP contribution in [0, 0.1) is 5.92 Å². The largest absolute Gasteiger partial charge is 0.367 e. The minimum atomic E-state index is -0.331. The van der Waals surface area contributed by atoms with Crippen LogP contribution in [0.4, 0.5) is 0 Å². The van der Waals surface area contributed by atoms with E-state index in [4.69, 9.17) is 4.74 Å². The first-order chi connectivity index (χ1) is 9.20. The van der Waals surface area contributed by atoms with Crippen LogP contribution in [0.5, 0.6) is 0 Å². The molecule has 0 aromatic heterocycles. The van der Waals surface area contributed by atoms with Crippen molar-refractivity contribution >= 4 is 5.78 Å². The molecule has 1 aromatic carbocycles. The highest BCUT2D eigenvalue weighted by Crippen LogP contribution is 2.29. The van der Waals surface area contributed by atoms with E-state index in [1.807, 2.05) is 37.3 Å². The molecule has 0 bridgehead atoms. The molecule has 1 aliphatic carbocycles. The van der Waals surface area contributed by atoms with Crippen LogP contribution in [0.15, 0.2) is 30.3 Å². The van der Waals surface area contributed by atoms with Crippen LogP contribution in [0.3, 0.4) is 0 Å². The predicted octanol–water partition coefficient (Wildman–Crippen LogP) is 4.24. The lowest BCUT2D eigenvalue weighted by Crippen LogP contribution is -2.30. The molecule has 3 atom stereocenters. The van der Waals surface area contributed by atoms with Gasteiger partial charge in [-0.2, -0.15) is 0 Å². The van der Waals surface area contributed by atoms with Crippen molar-refractivity contribution in [2.45, 2.75) is 58.2 Å². The van der Waals surface area contributed by atoms with Crippen LogP contribution >= 0.6 is 0 Å². The Morgan fingerprint density at radius 1 is 1.32 bits per heavy atom. The molecule has 0 heterocycles. The van der Waals surface area contributed by atoms with Crippen LogP contribution in [-0.4, -0.2) is 18.0 Å². The highest BCUT2D eigenvalue weighted by Gasteiger charge is 2.25. The number of carbonyl (C=O) groups excluding carboxylic acids is 1. The van der Waals surface area contributed by atoms with Crippen molar-refractivity contribution in [3.05, 3.63) is 35.9 Å². The quantitative estimate of drug-likeness (QED) is 0.740. The molecule has 1 aromatic rings. The summed E-state index contributed by atoms with van der Waals surface area (Å²) in [5.74, 6) is 0.872. The van der Waals surface area contributed by atoms with Gasteiger partial charge in [-0.25, -0.2) is 0 Å². The molecule has 2 nitrogen and oxygen atoms in total. The maximum atomic E-state index is 12.2. The molecule has 104 valence electrons. The van der Waals surface area contributed by atoms with Gasteiger partial charge < -0.3 is 4.74 Å². The number of benzene rings is 1. The van der Waals surface area contributed by atoms with Gasteiger partial charge in [-0.3, -0.25) is 4.79 Å². The standard InChI is InChI=1S/C17H24O2/c1-3-14-8-7-11-16(12-14)19-13(2)17(18)15-9-5-4-6-10-15/h4-6,9-10,13-14,16H,3,7-8,11-12H2,1-2H3. The fourth-order valence-electron chi connectivity index (χ4n) is 2.92. The molecule has 0 radical (unpaired) electrons. The van der Waals surface area contributed by atoms with Crippen molar-refractivity contribution < 1.29 is 9.53 Å². The van der Waals surface area contributed by atoms with E-state index in [9.17, 15) is 4.79 Å².